The Balaban J connectivity index is 1.99. The maximum Gasteiger partial charge on any atom is 0.251 e. The second-order valence-electron chi connectivity index (χ2n) is 4.53. The Hall–Kier alpha value is -2.30. The molecular formula is C13H14N4O. The van der Waals surface area contributed by atoms with Crippen molar-refractivity contribution in [2.75, 3.05) is 10.6 Å². The molecule has 92 valence electrons. The first-order valence-corrected chi connectivity index (χ1v) is 5.83. The number of H-pyrrole nitrogens is 1. The molecule has 1 amide bonds. The normalized spacial score (nSPS) is 17.4. The Kier molecular flexibility index (Phi) is 2.33. The molecule has 3 N–H and O–H groups in total. The van der Waals surface area contributed by atoms with Gasteiger partial charge in [-0.05, 0) is 25.0 Å². The summed E-state index contributed by atoms with van der Waals surface area (Å²) in [5.41, 5.74) is 5.03. The zero-order valence-electron chi connectivity index (χ0n) is 10.2. The number of amides is 1. The van der Waals surface area contributed by atoms with Crippen molar-refractivity contribution < 1.29 is 4.79 Å². The Morgan fingerprint density at radius 2 is 2.17 bits per heavy atom. The number of anilines is 2. The molecule has 5 heteroatoms. The van der Waals surface area contributed by atoms with Gasteiger partial charge in [0.05, 0.1) is 11.9 Å². The van der Waals surface area contributed by atoms with Crippen LogP contribution in [0.2, 0.25) is 0 Å². The first-order valence-electron chi connectivity index (χ1n) is 5.83. The minimum Gasteiger partial charge on any atom is -0.367 e. The number of nitrogens with one attached hydrogen (secondary N) is 3. The molecule has 1 unspecified atom stereocenters. The molecule has 0 aliphatic carbocycles. The molecule has 2 heterocycles. The molecule has 0 saturated heterocycles. The van der Waals surface area contributed by atoms with Crippen molar-refractivity contribution in [3.8, 4) is 0 Å². The summed E-state index contributed by atoms with van der Waals surface area (Å²) in [4.78, 5) is 12.0. The lowest BCUT2D eigenvalue weighted by molar-refractivity contribution is -0.116. The molecule has 5 nitrogen and oxygen atoms in total. The van der Waals surface area contributed by atoms with Gasteiger partial charge in [0.1, 0.15) is 6.04 Å². The number of fused-ring (bicyclic) bond motifs is 1. The van der Waals surface area contributed by atoms with Crippen LogP contribution in [-0.2, 0) is 4.79 Å². The van der Waals surface area contributed by atoms with Gasteiger partial charge in [0.25, 0.3) is 5.91 Å². The Labute approximate surface area is 105 Å². The Bertz CT molecular complexity index is 604. The fourth-order valence-electron chi connectivity index (χ4n) is 2.22. The van der Waals surface area contributed by atoms with E-state index in [-0.39, 0.29) is 11.9 Å². The first-order chi connectivity index (χ1) is 8.66. The molecule has 3 rings (SSSR count). The molecule has 1 aromatic carbocycles. The summed E-state index contributed by atoms with van der Waals surface area (Å²) < 4.78 is 0. The lowest BCUT2D eigenvalue weighted by atomic mass is 10.0. The third kappa shape index (κ3) is 1.55. The smallest absolute Gasteiger partial charge is 0.251 e. The van der Waals surface area contributed by atoms with Crippen LogP contribution in [0, 0.1) is 13.8 Å². The van der Waals surface area contributed by atoms with Gasteiger partial charge < -0.3 is 10.6 Å². The molecule has 0 radical (unpaired) electrons. The molecule has 1 aliphatic heterocycles. The van der Waals surface area contributed by atoms with Crippen LogP contribution in [0.15, 0.2) is 24.5 Å². The second kappa shape index (κ2) is 3.87. The second-order valence-corrected chi connectivity index (χ2v) is 4.53. The van der Waals surface area contributed by atoms with Gasteiger partial charge in [0.15, 0.2) is 0 Å². The number of carbonyl (C=O) groups is 1. The van der Waals surface area contributed by atoms with Crippen LogP contribution in [-0.4, -0.2) is 16.1 Å². The van der Waals surface area contributed by atoms with E-state index in [1.165, 1.54) is 5.56 Å². The fourth-order valence-corrected chi connectivity index (χ4v) is 2.22. The van der Waals surface area contributed by atoms with Crippen LogP contribution in [0.4, 0.5) is 11.4 Å². The highest BCUT2D eigenvalue weighted by Crippen LogP contribution is 2.36. The van der Waals surface area contributed by atoms with Crippen LogP contribution in [0.1, 0.15) is 22.7 Å². The van der Waals surface area contributed by atoms with Crippen molar-refractivity contribution in [2.45, 2.75) is 19.9 Å². The van der Waals surface area contributed by atoms with Gasteiger partial charge in [-0.25, -0.2) is 0 Å². The standard InChI is InChI=1S/C13H14N4O/c1-7-3-4-10-11(8(7)2)17-13(18)12(10)16-9-5-14-15-6-9/h3-6,12,16H,1-2H3,(H,14,15)(H,17,18). The van der Waals surface area contributed by atoms with Gasteiger partial charge in [-0.15, -0.1) is 0 Å². The predicted molar refractivity (Wildman–Crippen MR) is 69.5 cm³/mol. The Morgan fingerprint density at radius 1 is 1.33 bits per heavy atom. The summed E-state index contributed by atoms with van der Waals surface area (Å²) in [6, 6.07) is 3.68. The zero-order chi connectivity index (χ0) is 12.7. The summed E-state index contributed by atoms with van der Waals surface area (Å²) in [7, 11) is 0. The van der Waals surface area contributed by atoms with Gasteiger partial charge in [-0.2, -0.15) is 5.10 Å². The monoisotopic (exact) mass is 242 g/mol. The lowest BCUT2D eigenvalue weighted by Crippen LogP contribution is -2.19. The maximum absolute atomic E-state index is 12.0. The third-order valence-corrected chi connectivity index (χ3v) is 3.40. The molecule has 2 aromatic rings. The Morgan fingerprint density at radius 3 is 2.89 bits per heavy atom. The fraction of sp³-hybridized carbons (Fsp3) is 0.231. The molecule has 0 spiro atoms. The number of rotatable bonds is 2. The van der Waals surface area contributed by atoms with E-state index in [1.807, 2.05) is 26.0 Å². The summed E-state index contributed by atoms with van der Waals surface area (Å²) in [6.07, 6.45) is 3.39. The molecule has 0 saturated carbocycles. The highest BCUT2D eigenvalue weighted by molar-refractivity contribution is 6.05. The number of aryl methyl sites for hydroxylation is 1. The van der Waals surface area contributed by atoms with E-state index in [0.29, 0.717) is 0 Å². The van der Waals surface area contributed by atoms with E-state index in [4.69, 9.17) is 0 Å². The van der Waals surface area contributed by atoms with Crippen LogP contribution < -0.4 is 10.6 Å². The maximum atomic E-state index is 12.0. The molecule has 1 atom stereocenters. The minimum absolute atomic E-state index is 0.0279. The van der Waals surface area contributed by atoms with Crippen LogP contribution in [0.3, 0.4) is 0 Å². The highest BCUT2D eigenvalue weighted by atomic mass is 16.2. The molecule has 1 aromatic heterocycles. The van der Waals surface area contributed by atoms with Crippen molar-refractivity contribution in [1.29, 1.82) is 0 Å². The van der Waals surface area contributed by atoms with Crippen molar-refractivity contribution in [3.63, 3.8) is 0 Å². The molecule has 18 heavy (non-hydrogen) atoms. The minimum atomic E-state index is -0.350. The number of aromatic nitrogens is 2. The molecule has 0 fully saturated rings. The average molecular weight is 242 g/mol. The van der Waals surface area contributed by atoms with E-state index < -0.39 is 0 Å². The SMILES string of the molecule is Cc1ccc2c(c1C)NC(=O)C2Nc1cn[nH]c1. The number of nitrogens with zero attached hydrogens (tertiary/aromatic N) is 1. The van der Waals surface area contributed by atoms with E-state index >= 15 is 0 Å². The van der Waals surface area contributed by atoms with Gasteiger partial charge in [0.2, 0.25) is 0 Å². The number of aromatic amines is 1. The van der Waals surface area contributed by atoms with Crippen molar-refractivity contribution in [1.82, 2.24) is 10.2 Å². The zero-order valence-corrected chi connectivity index (χ0v) is 10.2. The highest BCUT2D eigenvalue weighted by Gasteiger charge is 2.31. The molecule has 1 aliphatic rings. The number of hydrogen-bond donors (Lipinski definition) is 3. The van der Waals surface area contributed by atoms with E-state index in [1.54, 1.807) is 12.4 Å². The number of benzene rings is 1. The van der Waals surface area contributed by atoms with Crippen molar-refractivity contribution in [2.24, 2.45) is 0 Å². The molecule has 0 bridgehead atoms. The van der Waals surface area contributed by atoms with Gasteiger partial charge in [-0.1, -0.05) is 12.1 Å². The first kappa shape index (κ1) is 10.8. The van der Waals surface area contributed by atoms with Crippen molar-refractivity contribution in [3.05, 3.63) is 41.2 Å². The van der Waals surface area contributed by atoms with Crippen LogP contribution in [0.25, 0.3) is 0 Å². The third-order valence-electron chi connectivity index (χ3n) is 3.40. The summed E-state index contributed by atoms with van der Waals surface area (Å²) in [6.45, 7) is 4.06. The van der Waals surface area contributed by atoms with Crippen molar-refractivity contribution >= 4 is 17.3 Å². The van der Waals surface area contributed by atoms with Crippen LogP contribution in [0.5, 0.6) is 0 Å². The molecular weight excluding hydrogens is 228 g/mol. The number of carbonyl (C=O) groups excluding carboxylic acids is 1. The summed E-state index contributed by atoms with van der Waals surface area (Å²) >= 11 is 0. The summed E-state index contributed by atoms with van der Waals surface area (Å²) in [5.74, 6) is -0.0279. The van der Waals surface area contributed by atoms with Crippen LogP contribution >= 0.6 is 0 Å². The quantitative estimate of drug-likeness (QED) is 0.755. The van der Waals surface area contributed by atoms with Gasteiger partial charge in [-0.3, -0.25) is 9.89 Å². The summed E-state index contributed by atoms with van der Waals surface area (Å²) in [5, 5.41) is 12.7. The van der Waals surface area contributed by atoms with E-state index in [9.17, 15) is 4.79 Å². The number of hydrogen-bond acceptors (Lipinski definition) is 3. The predicted octanol–water partition coefficient (Wildman–Crippen LogP) is 2.13. The largest absolute Gasteiger partial charge is 0.367 e. The lowest BCUT2D eigenvalue weighted by Gasteiger charge is -2.11. The van der Waals surface area contributed by atoms with E-state index in [2.05, 4.69) is 20.8 Å². The van der Waals surface area contributed by atoms with Gasteiger partial charge >= 0.3 is 0 Å². The average Bonchev–Trinajstić information content (AvgIpc) is 2.95. The topological polar surface area (TPSA) is 69.8 Å². The van der Waals surface area contributed by atoms with Gasteiger partial charge in [0, 0.05) is 17.4 Å². The van der Waals surface area contributed by atoms with E-state index in [0.717, 1.165) is 22.5 Å².